The number of carbonyl (C=O) groups excluding carboxylic acids is 1. The van der Waals surface area contributed by atoms with Crippen LogP contribution in [0.4, 0.5) is 5.69 Å². The molecule has 0 saturated heterocycles. The fourth-order valence-electron chi connectivity index (χ4n) is 1.87. The van der Waals surface area contributed by atoms with Crippen molar-refractivity contribution in [1.82, 2.24) is 0 Å². The van der Waals surface area contributed by atoms with Crippen LogP contribution in [0.1, 0.15) is 11.1 Å². The van der Waals surface area contributed by atoms with Gasteiger partial charge >= 0.3 is 0 Å². The molecule has 0 spiro atoms. The smallest absolute Gasteiger partial charge is 0.255 e. The van der Waals surface area contributed by atoms with Gasteiger partial charge in [0.15, 0.2) is 9.84 Å². The van der Waals surface area contributed by atoms with Gasteiger partial charge in [0.1, 0.15) is 0 Å². The number of hydrogen-bond acceptors (Lipinski definition) is 3. The topological polar surface area (TPSA) is 63.2 Å². The van der Waals surface area contributed by atoms with Gasteiger partial charge in [0.25, 0.3) is 5.91 Å². The van der Waals surface area contributed by atoms with E-state index in [0.29, 0.717) is 5.57 Å². The van der Waals surface area contributed by atoms with Crippen LogP contribution in [-0.4, -0.2) is 20.1 Å². The Labute approximate surface area is 112 Å². The first-order valence-electron chi connectivity index (χ1n) is 5.87. The van der Waals surface area contributed by atoms with E-state index in [-0.39, 0.29) is 11.7 Å². The first-order chi connectivity index (χ1) is 8.89. The van der Waals surface area contributed by atoms with Crippen LogP contribution in [0, 0.1) is 13.8 Å². The molecular formula is C14H15NO3S. The van der Waals surface area contributed by atoms with Gasteiger partial charge in [-0.3, -0.25) is 4.79 Å². The molecule has 1 N–H and O–H groups in total. The molecule has 1 heterocycles. The zero-order valence-electron chi connectivity index (χ0n) is 10.8. The summed E-state index contributed by atoms with van der Waals surface area (Å²) in [5.74, 6) is -0.414. The molecule has 1 amide bonds. The lowest BCUT2D eigenvalue weighted by Crippen LogP contribution is -2.18. The molecule has 0 unspecified atom stereocenters. The van der Waals surface area contributed by atoms with Crippen molar-refractivity contribution in [3.63, 3.8) is 0 Å². The van der Waals surface area contributed by atoms with Crippen LogP contribution in [0.15, 0.2) is 41.3 Å². The van der Waals surface area contributed by atoms with Crippen molar-refractivity contribution in [1.29, 1.82) is 0 Å². The first kappa shape index (κ1) is 13.5. The normalized spacial score (nSPS) is 16.8. The second-order valence-corrected chi connectivity index (χ2v) is 6.44. The average molecular weight is 277 g/mol. The van der Waals surface area contributed by atoms with Crippen molar-refractivity contribution in [2.24, 2.45) is 0 Å². The van der Waals surface area contributed by atoms with E-state index >= 15 is 0 Å². The number of aryl methyl sites for hydroxylation is 2. The van der Waals surface area contributed by atoms with Crippen molar-refractivity contribution in [3.8, 4) is 0 Å². The highest BCUT2D eigenvalue weighted by Gasteiger charge is 2.16. The molecule has 1 aromatic carbocycles. The van der Waals surface area contributed by atoms with Gasteiger partial charge in [0.05, 0.1) is 5.75 Å². The number of benzene rings is 1. The molecule has 1 aliphatic heterocycles. The van der Waals surface area contributed by atoms with E-state index in [0.717, 1.165) is 22.2 Å². The molecule has 0 bridgehead atoms. The van der Waals surface area contributed by atoms with Crippen molar-refractivity contribution < 1.29 is 13.2 Å². The minimum absolute atomic E-state index is 0.126. The van der Waals surface area contributed by atoms with E-state index < -0.39 is 9.84 Å². The summed E-state index contributed by atoms with van der Waals surface area (Å²) in [6.45, 7) is 3.83. The summed E-state index contributed by atoms with van der Waals surface area (Å²) in [6, 6.07) is 5.75. The third-order valence-electron chi connectivity index (χ3n) is 2.97. The molecular weight excluding hydrogens is 262 g/mol. The fraction of sp³-hybridized carbons (Fsp3) is 0.214. The zero-order chi connectivity index (χ0) is 14.0. The van der Waals surface area contributed by atoms with E-state index in [1.165, 1.54) is 12.2 Å². The van der Waals surface area contributed by atoms with Crippen molar-refractivity contribution in [2.75, 3.05) is 11.1 Å². The monoisotopic (exact) mass is 277 g/mol. The Morgan fingerprint density at radius 1 is 1.21 bits per heavy atom. The van der Waals surface area contributed by atoms with Gasteiger partial charge in [-0.2, -0.15) is 0 Å². The summed E-state index contributed by atoms with van der Waals surface area (Å²) in [5.41, 5.74) is 3.09. The second kappa shape index (κ2) is 5.01. The van der Waals surface area contributed by atoms with E-state index in [1.807, 2.05) is 32.0 Å². The maximum atomic E-state index is 12.1. The summed E-state index contributed by atoms with van der Waals surface area (Å²) in [5, 5.41) is 3.90. The Morgan fingerprint density at radius 2 is 1.84 bits per heavy atom. The molecule has 4 nitrogen and oxygen atoms in total. The van der Waals surface area contributed by atoms with Gasteiger partial charge in [-0.25, -0.2) is 8.42 Å². The van der Waals surface area contributed by atoms with Crippen molar-refractivity contribution in [2.45, 2.75) is 13.8 Å². The lowest BCUT2D eigenvalue weighted by atomic mass is 10.1. The zero-order valence-corrected chi connectivity index (χ0v) is 11.6. The number of nitrogens with one attached hydrogen (secondary N) is 1. The number of amides is 1. The lowest BCUT2D eigenvalue weighted by molar-refractivity contribution is -0.112. The maximum Gasteiger partial charge on any atom is 0.255 e. The van der Waals surface area contributed by atoms with Gasteiger partial charge < -0.3 is 5.32 Å². The molecule has 0 atom stereocenters. The quantitative estimate of drug-likeness (QED) is 0.900. The summed E-state index contributed by atoms with van der Waals surface area (Å²) >= 11 is 0. The summed E-state index contributed by atoms with van der Waals surface area (Å²) in [7, 11) is -3.18. The highest BCUT2D eigenvalue weighted by Crippen LogP contribution is 2.21. The first-order valence-corrected chi connectivity index (χ1v) is 7.59. The molecule has 0 radical (unpaired) electrons. The molecule has 5 heteroatoms. The Balaban J connectivity index is 2.20. The van der Waals surface area contributed by atoms with Crippen LogP contribution >= 0.6 is 0 Å². The molecule has 1 aromatic rings. The highest BCUT2D eigenvalue weighted by atomic mass is 32.2. The third kappa shape index (κ3) is 3.12. The van der Waals surface area contributed by atoms with Gasteiger partial charge in [-0.05, 0) is 31.1 Å². The Hall–Kier alpha value is -1.88. The van der Waals surface area contributed by atoms with Gasteiger partial charge in [0, 0.05) is 16.7 Å². The van der Waals surface area contributed by atoms with E-state index in [1.54, 1.807) is 0 Å². The van der Waals surface area contributed by atoms with Crippen LogP contribution in [0.2, 0.25) is 0 Å². The molecule has 0 saturated carbocycles. The average Bonchev–Trinajstić information content (AvgIpc) is 2.33. The predicted octanol–water partition coefficient (Wildman–Crippen LogP) is 2.11. The van der Waals surface area contributed by atoms with Crippen LogP contribution in [0.5, 0.6) is 0 Å². The van der Waals surface area contributed by atoms with Crippen LogP contribution < -0.4 is 5.32 Å². The number of carbonyl (C=O) groups is 1. The van der Waals surface area contributed by atoms with Gasteiger partial charge in [-0.1, -0.05) is 24.3 Å². The van der Waals surface area contributed by atoms with E-state index in [9.17, 15) is 13.2 Å². The van der Waals surface area contributed by atoms with E-state index in [2.05, 4.69) is 5.32 Å². The number of rotatable bonds is 2. The summed E-state index contributed by atoms with van der Waals surface area (Å²) in [6.07, 6.45) is 2.76. The Kier molecular flexibility index (Phi) is 3.57. The van der Waals surface area contributed by atoms with Crippen molar-refractivity contribution in [3.05, 3.63) is 52.5 Å². The SMILES string of the molecule is Cc1cccc(C)c1NC(=O)C1=CCS(=O)(=O)C=C1. The third-order valence-corrected chi connectivity index (χ3v) is 4.15. The van der Waals surface area contributed by atoms with Crippen molar-refractivity contribution >= 4 is 21.4 Å². The van der Waals surface area contributed by atoms with E-state index in [4.69, 9.17) is 0 Å². The highest BCUT2D eigenvalue weighted by molar-refractivity contribution is 7.94. The molecule has 19 heavy (non-hydrogen) atoms. The molecule has 2 rings (SSSR count). The van der Waals surface area contributed by atoms with Crippen LogP contribution in [0.25, 0.3) is 0 Å². The van der Waals surface area contributed by atoms with Gasteiger partial charge in [0.2, 0.25) is 0 Å². The number of para-hydroxylation sites is 1. The minimum atomic E-state index is -3.18. The molecule has 1 aliphatic rings. The van der Waals surface area contributed by atoms with Crippen LogP contribution in [0.3, 0.4) is 0 Å². The number of sulfone groups is 1. The lowest BCUT2D eigenvalue weighted by Gasteiger charge is -2.13. The summed E-state index contributed by atoms with van der Waals surface area (Å²) in [4.78, 5) is 12.1. The molecule has 100 valence electrons. The minimum Gasteiger partial charge on any atom is -0.322 e. The molecule has 0 fully saturated rings. The standard InChI is InChI=1S/C14H15NO3S/c1-10-4-3-5-11(2)13(10)15-14(16)12-6-8-19(17,18)9-7-12/h3-8H,9H2,1-2H3,(H,15,16). The Morgan fingerprint density at radius 3 is 2.37 bits per heavy atom. The maximum absolute atomic E-state index is 12.1. The second-order valence-electron chi connectivity index (χ2n) is 4.51. The van der Waals surface area contributed by atoms with Crippen LogP contribution in [-0.2, 0) is 14.6 Å². The summed E-state index contributed by atoms with van der Waals surface area (Å²) < 4.78 is 22.4. The Bertz CT molecular complexity index is 664. The van der Waals surface area contributed by atoms with Gasteiger partial charge in [-0.15, -0.1) is 0 Å². The number of hydrogen-bond donors (Lipinski definition) is 1. The molecule has 0 aliphatic carbocycles. The number of anilines is 1. The largest absolute Gasteiger partial charge is 0.322 e. The molecule has 0 aromatic heterocycles. The fourth-order valence-corrected chi connectivity index (χ4v) is 2.75. The predicted molar refractivity (Wildman–Crippen MR) is 75.6 cm³/mol.